The second-order valence-corrected chi connectivity index (χ2v) is 11.4. The summed E-state index contributed by atoms with van der Waals surface area (Å²) in [7, 11) is 1.21. The molecule has 0 saturated heterocycles. The van der Waals surface area contributed by atoms with Crippen LogP contribution in [0.15, 0.2) is 66.4 Å². The first-order valence-corrected chi connectivity index (χ1v) is 13.6. The summed E-state index contributed by atoms with van der Waals surface area (Å²) in [5.74, 6) is -1.56. The van der Waals surface area contributed by atoms with E-state index in [9.17, 15) is 35.9 Å². The molecule has 0 amide bonds. The molecule has 0 bridgehead atoms. The zero-order valence-corrected chi connectivity index (χ0v) is 25.9. The molecule has 0 fully saturated rings. The molecule has 0 aromatic heterocycles. The van der Waals surface area contributed by atoms with Gasteiger partial charge in [0.1, 0.15) is 5.75 Å². The molecule has 4 nitrogen and oxygen atoms in total. The third-order valence-electron chi connectivity index (χ3n) is 5.64. The number of ether oxygens (including phenoxy) is 2. The number of rotatable bonds is 6. The largest absolute Gasteiger partial charge is 0.494 e. The lowest BCUT2D eigenvalue weighted by Crippen LogP contribution is -2.54. The molecular formula is C25H14Br4F6O4. The van der Waals surface area contributed by atoms with Gasteiger partial charge in [-0.05, 0) is 118 Å². The molecule has 0 unspecified atom stereocenters. The Hall–Kier alpha value is -1.90. The van der Waals surface area contributed by atoms with Crippen LogP contribution in [0.25, 0.3) is 0 Å². The van der Waals surface area contributed by atoms with E-state index in [1.54, 1.807) is 0 Å². The molecule has 0 heterocycles. The summed E-state index contributed by atoms with van der Waals surface area (Å²) in [6, 6.07) is 7.91. The summed E-state index contributed by atoms with van der Waals surface area (Å²) >= 11 is 11.9. The molecule has 0 N–H and O–H groups in total. The first-order valence-electron chi connectivity index (χ1n) is 10.4. The Balaban J connectivity index is 2.20. The smallest absolute Gasteiger partial charge is 0.411 e. The quantitative estimate of drug-likeness (QED) is 0.108. The van der Waals surface area contributed by atoms with E-state index in [4.69, 9.17) is 9.47 Å². The molecule has 0 saturated carbocycles. The van der Waals surface area contributed by atoms with E-state index in [2.05, 4.69) is 63.7 Å². The number of halogens is 10. The number of alkyl halides is 6. The molecule has 0 atom stereocenters. The molecule has 0 aliphatic carbocycles. The standard InChI is InChI=1S/C25H14Br4F6O4/c1-11(36)12-3-5-13(6-4-12)22(37)39-21-18(28)9-15(10-19(21)29)23(24(30,31)32,25(33,34)35)14-7-16(26)20(38-2)17(27)8-14/h3-10H,1-2H3. The van der Waals surface area contributed by atoms with E-state index < -0.39 is 34.9 Å². The van der Waals surface area contributed by atoms with Crippen molar-refractivity contribution in [2.75, 3.05) is 7.11 Å². The van der Waals surface area contributed by atoms with Gasteiger partial charge in [0, 0.05) is 5.56 Å². The summed E-state index contributed by atoms with van der Waals surface area (Å²) in [5, 5.41) is 0. The van der Waals surface area contributed by atoms with Gasteiger partial charge >= 0.3 is 18.3 Å². The summed E-state index contributed by atoms with van der Waals surface area (Å²) < 4.78 is 97.2. The van der Waals surface area contributed by atoms with E-state index in [-0.39, 0.29) is 40.7 Å². The first kappa shape index (κ1) is 31.6. The molecule has 39 heavy (non-hydrogen) atoms. The maximum atomic E-state index is 14.7. The Morgan fingerprint density at radius 2 is 1.03 bits per heavy atom. The molecule has 14 heteroatoms. The Morgan fingerprint density at radius 3 is 1.36 bits per heavy atom. The molecule has 0 radical (unpaired) electrons. The van der Waals surface area contributed by atoms with Gasteiger partial charge in [0.2, 0.25) is 5.41 Å². The fourth-order valence-corrected chi connectivity index (χ4v) is 6.68. The van der Waals surface area contributed by atoms with Crippen molar-refractivity contribution >= 4 is 75.5 Å². The van der Waals surface area contributed by atoms with Gasteiger partial charge in [0.25, 0.3) is 0 Å². The number of hydrogen-bond acceptors (Lipinski definition) is 4. The van der Waals surface area contributed by atoms with Gasteiger partial charge in [-0.1, -0.05) is 12.1 Å². The third kappa shape index (κ3) is 5.94. The number of hydrogen-bond donors (Lipinski definition) is 0. The number of ketones is 1. The SMILES string of the molecule is COc1c(Br)cc(C(c2cc(Br)c(OC(=O)c3ccc(C(C)=O)cc3)c(Br)c2)(C(F)(F)F)C(F)(F)F)cc1Br. The fraction of sp³-hybridized carbons (Fsp3) is 0.200. The van der Waals surface area contributed by atoms with Gasteiger partial charge in [-0.2, -0.15) is 26.3 Å². The Labute approximate surface area is 251 Å². The first-order chi connectivity index (χ1) is 17.9. The highest BCUT2D eigenvalue weighted by Crippen LogP contribution is 2.58. The lowest BCUT2D eigenvalue weighted by molar-refractivity contribution is -0.288. The monoisotopic (exact) mass is 808 g/mol. The van der Waals surface area contributed by atoms with Gasteiger partial charge < -0.3 is 9.47 Å². The lowest BCUT2D eigenvalue weighted by atomic mass is 9.73. The van der Waals surface area contributed by atoms with Crippen molar-refractivity contribution in [1.82, 2.24) is 0 Å². The molecule has 0 aliphatic rings. The van der Waals surface area contributed by atoms with Crippen LogP contribution in [0.1, 0.15) is 38.8 Å². The van der Waals surface area contributed by atoms with Crippen molar-refractivity contribution in [3.8, 4) is 11.5 Å². The van der Waals surface area contributed by atoms with E-state index in [1.807, 2.05) is 0 Å². The Bertz CT molecular complexity index is 1380. The van der Waals surface area contributed by atoms with Crippen LogP contribution < -0.4 is 9.47 Å². The van der Waals surface area contributed by atoms with Crippen LogP contribution in [-0.2, 0) is 5.41 Å². The second-order valence-electron chi connectivity index (χ2n) is 8.01. The molecule has 3 aromatic carbocycles. The Morgan fingerprint density at radius 1 is 0.667 bits per heavy atom. The van der Waals surface area contributed by atoms with Crippen molar-refractivity contribution in [2.45, 2.75) is 24.7 Å². The summed E-state index contributed by atoms with van der Waals surface area (Å²) in [6.07, 6.45) is -11.7. The van der Waals surface area contributed by atoms with Crippen LogP contribution in [0.4, 0.5) is 26.3 Å². The highest BCUT2D eigenvalue weighted by molar-refractivity contribution is 9.11. The van der Waals surface area contributed by atoms with Crippen LogP contribution in [0, 0.1) is 0 Å². The van der Waals surface area contributed by atoms with Crippen molar-refractivity contribution in [3.05, 3.63) is 88.7 Å². The zero-order chi connectivity index (χ0) is 29.5. The maximum Gasteiger partial charge on any atom is 0.411 e. The molecule has 0 aliphatic heterocycles. The predicted octanol–water partition coefficient (Wildman–Crippen LogP) is 9.58. The zero-order valence-electron chi connectivity index (χ0n) is 19.5. The minimum absolute atomic E-state index is 0.00189. The number of carbonyl (C=O) groups is 2. The van der Waals surface area contributed by atoms with E-state index >= 15 is 0 Å². The van der Waals surface area contributed by atoms with Gasteiger partial charge in [0.05, 0.1) is 30.6 Å². The number of carbonyl (C=O) groups excluding carboxylic acids is 2. The van der Waals surface area contributed by atoms with Crippen LogP contribution in [-0.4, -0.2) is 31.2 Å². The van der Waals surface area contributed by atoms with Crippen LogP contribution in [0.5, 0.6) is 11.5 Å². The highest BCUT2D eigenvalue weighted by atomic mass is 79.9. The predicted molar refractivity (Wildman–Crippen MR) is 145 cm³/mol. The summed E-state index contributed by atoms with van der Waals surface area (Å²) in [4.78, 5) is 24.1. The minimum Gasteiger partial charge on any atom is -0.494 e. The lowest BCUT2D eigenvalue weighted by Gasteiger charge is -2.39. The number of Topliss-reactive ketones (excluding diaryl/α,β-unsaturated/α-hetero) is 1. The van der Waals surface area contributed by atoms with Crippen molar-refractivity contribution in [3.63, 3.8) is 0 Å². The van der Waals surface area contributed by atoms with E-state index in [0.29, 0.717) is 29.8 Å². The average Bonchev–Trinajstić information content (AvgIpc) is 2.79. The number of esters is 1. The van der Waals surface area contributed by atoms with Crippen LogP contribution in [0.3, 0.4) is 0 Å². The van der Waals surface area contributed by atoms with Gasteiger partial charge in [0.15, 0.2) is 11.5 Å². The van der Waals surface area contributed by atoms with Gasteiger partial charge in [-0.15, -0.1) is 0 Å². The molecule has 3 aromatic rings. The summed E-state index contributed by atoms with van der Waals surface area (Å²) in [5.41, 5.74) is -6.51. The van der Waals surface area contributed by atoms with E-state index in [1.165, 1.54) is 38.3 Å². The number of benzene rings is 3. The second kappa shape index (κ2) is 11.5. The fourth-order valence-electron chi connectivity index (χ4n) is 3.82. The Kier molecular flexibility index (Phi) is 9.35. The van der Waals surface area contributed by atoms with Crippen molar-refractivity contribution in [2.24, 2.45) is 0 Å². The van der Waals surface area contributed by atoms with Crippen molar-refractivity contribution < 1.29 is 45.4 Å². The molecular weight excluding hydrogens is 798 g/mol. The third-order valence-corrected chi connectivity index (χ3v) is 8.00. The molecule has 208 valence electrons. The van der Waals surface area contributed by atoms with Gasteiger partial charge in [-0.25, -0.2) is 4.79 Å². The minimum atomic E-state index is -5.87. The number of methoxy groups -OCH3 is 1. The average molecular weight is 812 g/mol. The van der Waals surface area contributed by atoms with Crippen LogP contribution in [0.2, 0.25) is 0 Å². The normalized spacial score (nSPS) is 12.3. The van der Waals surface area contributed by atoms with Crippen molar-refractivity contribution in [1.29, 1.82) is 0 Å². The molecule has 0 spiro atoms. The van der Waals surface area contributed by atoms with Gasteiger partial charge in [-0.3, -0.25) is 4.79 Å². The maximum absolute atomic E-state index is 14.7. The topological polar surface area (TPSA) is 52.6 Å². The summed E-state index contributed by atoms with van der Waals surface area (Å²) in [6.45, 7) is 1.33. The van der Waals surface area contributed by atoms with Crippen LogP contribution >= 0.6 is 63.7 Å². The molecule has 3 rings (SSSR count). The highest BCUT2D eigenvalue weighted by Gasteiger charge is 2.72. The van der Waals surface area contributed by atoms with E-state index in [0.717, 1.165) is 0 Å².